The number of para-hydroxylation sites is 2. The molecular weight excluding hydrogens is 814 g/mol. The topological polar surface area (TPSA) is 9.49 Å². The first-order valence-corrected chi connectivity index (χ1v) is 23.4. The largest absolute Gasteiger partial charge is 0.344 e. The Morgan fingerprint density at radius 1 is 0.550 bits per heavy atom. The standard InChI is InChI=1S/C53H50Cl2N3S2/c1-52(2)45-35-39(54)23-25-47(45)56(31-29-43-17-11-33-59-43)49(52)27-21-37-19-20-38(51(37)58(41-13-7-5-8-14-41)42-15-9-6-10-16-42)22-28-50-53(3,4)46-36-40(55)24-26-48(46)57(50)32-30-44-18-12-34-60-44/h5-18,21-28,33-36H,19-20,29-32H2,1-4H3/q+1. The third kappa shape index (κ3) is 7.78. The van der Waals surface area contributed by atoms with Crippen LogP contribution in [-0.4, -0.2) is 18.8 Å². The summed E-state index contributed by atoms with van der Waals surface area (Å²) in [7, 11) is 0. The van der Waals surface area contributed by atoms with E-state index in [0.717, 1.165) is 60.2 Å². The highest BCUT2D eigenvalue weighted by Gasteiger charge is 2.42. The van der Waals surface area contributed by atoms with E-state index in [4.69, 9.17) is 23.2 Å². The van der Waals surface area contributed by atoms with Crippen molar-refractivity contribution in [3.05, 3.63) is 210 Å². The summed E-state index contributed by atoms with van der Waals surface area (Å²) < 4.78 is 2.47. The minimum absolute atomic E-state index is 0.230. The summed E-state index contributed by atoms with van der Waals surface area (Å²) >= 11 is 17.0. The molecule has 9 rings (SSSR count). The number of thiophene rings is 2. The molecule has 60 heavy (non-hydrogen) atoms. The maximum atomic E-state index is 6.67. The molecule has 0 bridgehead atoms. The van der Waals surface area contributed by atoms with Crippen LogP contribution in [0.3, 0.4) is 0 Å². The number of benzene rings is 4. The van der Waals surface area contributed by atoms with Gasteiger partial charge >= 0.3 is 0 Å². The highest BCUT2D eigenvalue weighted by atomic mass is 35.5. The summed E-state index contributed by atoms with van der Waals surface area (Å²) in [5, 5.41) is 5.90. The number of hydrogen-bond donors (Lipinski definition) is 0. The van der Waals surface area contributed by atoms with Gasteiger partial charge < -0.3 is 9.80 Å². The third-order valence-corrected chi connectivity index (χ3v) is 14.8. The first kappa shape index (κ1) is 40.5. The number of fused-ring (bicyclic) bond motifs is 2. The molecule has 302 valence electrons. The lowest BCUT2D eigenvalue weighted by atomic mass is 9.83. The predicted molar refractivity (Wildman–Crippen MR) is 261 cm³/mol. The van der Waals surface area contributed by atoms with Crippen molar-refractivity contribution in [2.45, 2.75) is 64.2 Å². The van der Waals surface area contributed by atoms with E-state index in [1.54, 1.807) is 0 Å². The maximum absolute atomic E-state index is 6.67. The van der Waals surface area contributed by atoms with Gasteiger partial charge in [0.15, 0.2) is 0 Å². The van der Waals surface area contributed by atoms with Crippen molar-refractivity contribution < 1.29 is 0 Å². The van der Waals surface area contributed by atoms with Crippen LogP contribution in [0.15, 0.2) is 179 Å². The van der Waals surface area contributed by atoms with Gasteiger partial charge in [-0.15, -0.1) is 22.7 Å². The van der Waals surface area contributed by atoms with E-state index in [1.165, 1.54) is 60.5 Å². The van der Waals surface area contributed by atoms with Crippen LogP contribution in [0.4, 0.5) is 22.7 Å². The smallest absolute Gasteiger partial charge is 0.218 e. The number of rotatable bonds is 10. The molecule has 0 spiro atoms. The minimum Gasteiger partial charge on any atom is -0.344 e. The molecule has 1 fully saturated rings. The average molecular weight is 864 g/mol. The van der Waals surface area contributed by atoms with E-state index in [1.807, 2.05) is 34.8 Å². The highest BCUT2D eigenvalue weighted by Crippen LogP contribution is 2.50. The fourth-order valence-electron chi connectivity index (χ4n) is 9.38. The Bertz CT molecular complexity index is 2480. The zero-order chi connectivity index (χ0) is 41.4. The number of anilines is 2. The lowest BCUT2D eigenvalue weighted by molar-refractivity contribution is 0.630. The van der Waals surface area contributed by atoms with Gasteiger partial charge in [0.2, 0.25) is 17.1 Å². The van der Waals surface area contributed by atoms with Crippen molar-refractivity contribution >= 4 is 74.3 Å². The second kappa shape index (κ2) is 16.9. The van der Waals surface area contributed by atoms with E-state index in [9.17, 15) is 0 Å². The Balaban J connectivity index is 1.19. The number of halogens is 2. The molecule has 0 N–H and O–H groups in total. The van der Waals surface area contributed by atoms with Crippen molar-refractivity contribution in [1.82, 2.24) is 4.58 Å². The minimum atomic E-state index is -0.230. The van der Waals surface area contributed by atoms with Crippen molar-refractivity contribution in [2.24, 2.45) is 0 Å². The average Bonchev–Trinajstić information content (AvgIpc) is 4.09. The van der Waals surface area contributed by atoms with Crippen LogP contribution < -0.4 is 14.4 Å². The zero-order valence-electron chi connectivity index (χ0n) is 34.7. The Labute approximate surface area is 373 Å². The molecular formula is C53H50Cl2N3S2+. The summed E-state index contributed by atoms with van der Waals surface area (Å²) in [5.74, 6) is 0. The second-order valence-electron chi connectivity index (χ2n) is 16.9. The molecule has 0 amide bonds. The lowest BCUT2D eigenvalue weighted by Gasteiger charge is -2.27. The fourth-order valence-corrected chi connectivity index (χ4v) is 11.1. The molecule has 0 atom stereocenters. The van der Waals surface area contributed by atoms with Crippen LogP contribution in [0.2, 0.25) is 10.0 Å². The van der Waals surface area contributed by atoms with Crippen molar-refractivity contribution in [3.8, 4) is 0 Å². The van der Waals surface area contributed by atoms with E-state index < -0.39 is 0 Å². The quantitative estimate of drug-likeness (QED) is 0.127. The Hall–Kier alpha value is -4.91. The number of hydrogen-bond acceptors (Lipinski definition) is 4. The van der Waals surface area contributed by atoms with Crippen LogP contribution >= 0.6 is 45.9 Å². The van der Waals surface area contributed by atoms with Crippen molar-refractivity contribution in [1.29, 1.82) is 0 Å². The van der Waals surface area contributed by atoms with Gasteiger partial charge in [-0.2, -0.15) is 4.58 Å². The van der Waals surface area contributed by atoms with Gasteiger partial charge in [-0.3, -0.25) is 0 Å². The van der Waals surface area contributed by atoms with Crippen LogP contribution in [0.1, 0.15) is 61.4 Å². The predicted octanol–water partition coefficient (Wildman–Crippen LogP) is 14.9. The molecule has 4 heterocycles. The Morgan fingerprint density at radius 3 is 1.38 bits per heavy atom. The molecule has 2 aromatic heterocycles. The van der Waals surface area contributed by atoms with Gasteiger partial charge in [0.05, 0.1) is 0 Å². The molecule has 1 aliphatic carbocycles. The van der Waals surface area contributed by atoms with Gasteiger partial charge in [-0.25, -0.2) is 0 Å². The molecule has 0 radical (unpaired) electrons. The summed E-state index contributed by atoms with van der Waals surface area (Å²) in [6, 6.07) is 43.3. The molecule has 3 aliphatic rings. The summed E-state index contributed by atoms with van der Waals surface area (Å²) in [5.41, 5.74) is 13.3. The summed E-state index contributed by atoms with van der Waals surface area (Å²) in [6.07, 6.45) is 13.5. The van der Waals surface area contributed by atoms with Gasteiger partial charge in [-0.1, -0.05) is 112 Å². The molecule has 1 saturated carbocycles. The SMILES string of the molecule is CC1(C)C(=CC=C2CC/C(=C\C=C3\N(CCc4cccs4)c4ccc(Cl)cc4C3(C)C)C2=[N+](c2ccccc2)c2ccccc2)N(CCc2cccs2)c2ccc(Cl)cc21. The second-order valence-corrected chi connectivity index (χ2v) is 19.8. The number of allylic oxidation sites excluding steroid dienone is 8. The first-order valence-electron chi connectivity index (χ1n) is 20.9. The third-order valence-electron chi connectivity index (χ3n) is 12.4. The summed E-state index contributed by atoms with van der Waals surface area (Å²) in [4.78, 5) is 7.85. The van der Waals surface area contributed by atoms with Crippen LogP contribution in [0.25, 0.3) is 0 Å². The van der Waals surface area contributed by atoms with Gasteiger partial charge in [0.25, 0.3) is 0 Å². The lowest BCUT2D eigenvalue weighted by Crippen LogP contribution is -2.28. The highest BCUT2D eigenvalue weighted by molar-refractivity contribution is 7.10. The Kier molecular flexibility index (Phi) is 11.4. The molecule has 7 heteroatoms. The van der Waals surface area contributed by atoms with Gasteiger partial charge in [-0.05, 0) is 108 Å². The maximum Gasteiger partial charge on any atom is 0.218 e. The molecule has 3 nitrogen and oxygen atoms in total. The summed E-state index contributed by atoms with van der Waals surface area (Å²) in [6.45, 7) is 11.2. The normalized spacial score (nSPS) is 19.3. The van der Waals surface area contributed by atoms with Crippen LogP contribution in [0, 0.1) is 0 Å². The van der Waals surface area contributed by atoms with E-state index in [0.29, 0.717) is 0 Å². The van der Waals surface area contributed by atoms with Crippen LogP contribution in [0.5, 0.6) is 0 Å². The Morgan fingerprint density at radius 2 is 0.983 bits per heavy atom. The van der Waals surface area contributed by atoms with Crippen LogP contribution in [-0.2, 0) is 23.7 Å². The van der Waals surface area contributed by atoms with Gasteiger partial charge in [0.1, 0.15) is 0 Å². The van der Waals surface area contributed by atoms with Crippen molar-refractivity contribution in [3.63, 3.8) is 0 Å². The fraction of sp³-hybridized carbons (Fsp3) is 0.226. The van der Waals surface area contributed by atoms with Crippen molar-refractivity contribution in [2.75, 3.05) is 22.9 Å². The van der Waals surface area contributed by atoms with Gasteiger partial charge in [0, 0.05) is 102 Å². The molecule has 4 aromatic carbocycles. The van der Waals surface area contributed by atoms with E-state index in [-0.39, 0.29) is 10.8 Å². The monoisotopic (exact) mass is 862 g/mol. The molecule has 2 aliphatic heterocycles. The molecule has 0 unspecified atom stereocenters. The first-order chi connectivity index (χ1) is 29.1. The van der Waals surface area contributed by atoms with E-state index >= 15 is 0 Å². The van der Waals surface area contributed by atoms with E-state index in [2.05, 4.69) is 186 Å². The molecule has 0 saturated heterocycles. The molecule has 6 aromatic rings. The number of nitrogens with zero attached hydrogens (tertiary/aromatic N) is 3. The zero-order valence-corrected chi connectivity index (χ0v) is 37.8.